The van der Waals surface area contributed by atoms with Gasteiger partial charge in [0.1, 0.15) is 0 Å². The minimum atomic E-state index is -0.999. The molecule has 1 N–H and O–H groups in total. The van der Waals surface area contributed by atoms with Gasteiger partial charge in [-0.3, -0.25) is 14.6 Å². The summed E-state index contributed by atoms with van der Waals surface area (Å²) in [6.07, 6.45) is 1.41. The van der Waals surface area contributed by atoms with Crippen molar-refractivity contribution in [2.75, 3.05) is 0 Å². The van der Waals surface area contributed by atoms with E-state index in [9.17, 15) is 9.59 Å². The van der Waals surface area contributed by atoms with Gasteiger partial charge in [-0.2, -0.15) is 0 Å². The number of rotatable bonds is 2. The molecule has 0 saturated heterocycles. The maximum absolute atomic E-state index is 11.6. The zero-order valence-corrected chi connectivity index (χ0v) is 10.6. The standard InChI is InChI=1S/C12H11ClN2O3/c1-6(12(17)18)10-7(13)5-14-8-3-4-9(16)15(2)11(8)10/h3-6H,1-2H3,(H,17,18). The minimum absolute atomic E-state index is 0.231. The van der Waals surface area contributed by atoms with Crippen LogP contribution in [0.25, 0.3) is 11.0 Å². The third kappa shape index (κ3) is 1.86. The van der Waals surface area contributed by atoms with Crippen LogP contribution in [-0.4, -0.2) is 20.6 Å². The summed E-state index contributed by atoms with van der Waals surface area (Å²) in [5.74, 6) is -1.81. The number of fused-ring (bicyclic) bond motifs is 1. The quantitative estimate of drug-likeness (QED) is 0.899. The molecule has 0 fully saturated rings. The summed E-state index contributed by atoms with van der Waals surface area (Å²) in [6, 6.07) is 2.95. The van der Waals surface area contributed by atoms with Crippen molar-refractivity contribution >= 4 is 28.6 Å². The smallest absolute Gasteiger partial charge is 0.310 e. The number of aryl methyl sites for hydroxylation is 1. The van der Waals surface area contributed by atoms with Crippen molar-refractivity contribution in [3.05, 3.63) is 39.3 Å². The van der Waals surface area contributed by atoms with E-state index in [4.69, 9.17) is 16.7 Å². The summed E-state index contributed by atoms with van der Waals surface area (Å²) in [5, 5.41) is 9.36. The van der Waals surface area contributed by atoms with Gasteiger partial charge in [0, 0.05) is 24.9 Å². The fourth-order valence-corrected chi connectivity index (χ4v) is 2.19. The zero-order valence-electron chi connectivity index (χ0n) is 9.85. The average molecular weight is 267 g/mol. The van der Waals surface area contributed by atoms with Gasteiger partial charge >= 0.3 is 5.97 Å². The van der Waals surface area contributed by atoms with Gasteiger partial charge in [0.25, 0.3) is 5.56 Å². The molecule has 0 aromatic carbocycles. The first-order valence-corrected chi connectivity index (χ1v) is 5.68. The van der Waals surface area contributed by atoms with Crippen molar-refractivity contribution in [2.24, 2.45) is 7.05 Å². The summed E-state index contributed by atoms with van der Waals surface area (Å²) >= 11 is 6.03. The molecule has 0 bridgehead atoms. The van der Waals surface area contributed by atoms with Crippen LogP contribution in [0.2, 0.25) is 5.02 Å². The van der Waals surface area contributed by atoms with E-state index in [1.807, 2.05) is 0 Å². The molecular formula is C12H11ClN2O3. The average Bonchev–Trinajstić information content (AvgIpc) is 2.33. The van der Waals surface area contributed by atoms with Crippen LogP contribution in [0.5, 0.6) is 0 Å². The summed E-state index contributed by atoms with van der Waals surface area (Å²) in [6.45, 7) is 1.53. The first-order valence-electron chi connectivity index (χ1n) is 5.30. The van der Waals surface area contributed by atoms with E-state index in [1.54, 1.807) is 13.1 Å². The van der Waals surface area contributed by atoms with Crippen molar-refractivity contribution in [3.8, 4) is 0 Å². The monoisotopic (exact) mass is 266 g/mol. The van der Waals surface area contributed by atoms with Gasteiger partial charge in [0.05, 0.1) is 22.0 Å². The number of pyridine rings is 2. The molecule has 0 aliphatic heterocycles. The molecule has 0 radical (unpaired) electrons. The van der Waals surface area contributed by atoms with Crippen LogP contribution in [0, 0.1) is 0 Å². The lowest BCUT2D eigenvalue weighted by Crippen LogP contribution is -2.19. The maximum atomic E-state index is 11.6. The van der Waals surface area contributed by atoms with Crippen molar-refractivity contribution in [1.29, 1.82) is 0 Å². The lowest BCUT2D eigenvalue weighted by atomic mass is 10.0. The second kappa shape index (κ2) is 4.42. The van der Waals surface area contributed by atoms with E-state index < -0.39 is 11.9 Å². The van der Waals surface area contributed by atoms with Crippen LogP contribution in [0.4, 0.5) is 0 Å². The number of nitrogens with zero attached hydrogens (tertiary/aromatic N) is 2. The molecule has 5 nitrogen and oxygen atoms in total. The molecule has 2 heterocycles. The number of carboxylic acid groups (broad SMARTS) is 1. The summed E-state index contributed by atoms with van der Waals surface area (Å²) in [4.78, 5) is 26.9. The Morgan fingerprint density at radius 3 is 2.78 bits per heavy atom. The highest BCUT2D eigenvalue weighted by Gasteiger charge is 2.22. The normalized spacial score (nSPS) is 12.6. The van der Waals surface area contributed by atoms with Gasteiger partial charge in [-0.1, -0.05) is 11.6 Å². The molecule has 1 unspecified atom stereocenters. The highest BCUT2D eigenvalue weighted by molar-refractivity contribution is 6.32. The molecule has 0 aliphatic carbocycles. The van der Waals surface area contributed by atoms with Gasteiger partial charge in [-0.15, -0.1) is 0 Å². The van der Waals surface area contributed by atoms with Crippen molar-refractivity contribution in [2.45, 2.75) is 12.8 Å². The molecule has 2 rings (SSSR count). The number of hydrogen-bond donors (Lipinski definition) is 1. The van der Waals surface area contributed by atoms with Gasteiger partial charge in [0.2, 0.25) is 0 Å². The van der Waals surface area contributed by atoms with Crippen molar-refractivity contribution in [1.82, 2.24) is 9.55 Å². The van der Waals surface area contributed by atoms with Gasteiger partial charge in [-0.05, 0) is 13.0 Å². The SMILES string of the molecule is CC(C(=O)O)c1c(Cl)cnc2ccc(=O)n(C)c12. The topological polar surface area (TPSA) is 72.2 Å². The van der Waals surface area contributed by atoms with Crippen molar-refractivity contribution < 1.29 is 9.90 Å². The Labute approximate surface area is 108 Å². The second-order valence-electron chi connectivity index (χ2n) is 4.04. The highest BCUT2D eigenvalue weighted by atomic mass is 35.5. The van der Waals surface area contributed by atoms with Gasteiger partial charge in [0.15, 0.2) is 0 Å². The predicted molar refractivity (Wildman–Crippen MR) is 68.0 cm³/mol. The fourth-order valence-electron chi connectivity index (χ4n) is 1.89. The van der Waals surface area contributed by atoms with Crippen LogP contribution in [0.3, 0.4) is 0 Å². The van der Waals surface area contributed by atoms with Gasteiger partial charge in [-0.25, -0.2) is 0 Å². The first-order chi connectivity index (χ1) is 8.43. The Kier molecular flexibility index (Phi) is 3.09. The fraction of sp³-hybridized carbons (Fsp3) is 0.250. The lowest BCUT2D eigenvalue weighted by molar-refractivity contribution is -0.138. The first kappa shape index (κ1) is 12.6. The van der Waals surface area contributed by atoms with Crippen LogP contribution in [0.1, 0.15) is 18.4 Å². The Morgan fingerprint density at radius 2 is 2.17 bits per heavy atom. The van der Waals surface area contributed by atoms with Crippen LogP contribution in [-0.2, 0) is 11.8 Å². The molecule has 0 aliphatic rings. The van der Waals surface area contributed by atoms with Crippen LogP contribution >= 0.6 is 11.6 Å². The van der Waals surface area contributed by atoms with Crippen LogP contribution in [0.15, 0.2) is 23.1 Å². The second-order valence-corrected chi connectivity index (χ2v) is 4.45. The molecule has 0 spiro atoms. The number of hydrogen-bond acceptors (Lipinski definition) is 3. The number of aliphatic carboxylic acids is 1. The largest absolute Gasteiger partial charge is 0.481 e. The number of aromatic nitrogens is 2. The van der Waals surface area contributed by atoms with E-state index in [-0.39, 0.29) is 10.6 Å². The summed E-state index contributed by atoms with van der Waals surface area (Å²) < 4.78 is 1.36. The van der Waals surface area contributed by atoms with E-state index in [0.29, 0.717) is 16.6 Å². The Bertz CT molecular complexity index is 694. The minimum Gasteiger partial charge on any atom is -0.481 e. The molecule has 0 saturated carbocycles. The predicted octanol–water partition coefficient (Wildman–Crippen LogP) is 1.77. The van der Waals surface area contributed by atoms with Crippen LogP contribution < -0.4 is 5.56 Å². The van der Waals surface area contributed by atoms with E-state index in [0.717, 1.165) is 0 Å². The molecule has 6 heteroatoms. The molecule has 1 atom stereocenters. The molecule has 18 heavy (non-hydrogen) atoms. The Balaban J connectivity index is 2.94. The Morgan fingerprint density at radius 1 is 1.50 bits per heavy atom. The zero-order chi connectivity index (χ0) is 13.4. The number of carbonyl (C=O) groups is 1. The number of carboxylic acids is 1. The van der Waals surface area contributed by atoms with Crippen molar-refractivity contribution in [3.63, 3.8) is 0 Å². The van der Waals surface area contributed by atoms with E-state index in [2.05, 4.69) is 4.98 Å². The Hall–Kier alpha value is -1.88. The highest BCUT2D eigenvalue weighted by Crippen LogP contribution is 2.30. The third-order valence-corrected chi connectivity index (χ3v) is 3.23. The third-order valence-electron chi connectivity index (χ3n) is 2.93. The molecular weight excluding hydrogens is 256 g/mol. The molecule has 94 valence electrons. The molecule has 2 aromatic rings. The number of halogens is 1. The molecule has 2 aromatic heterocycles. The van der Waals surface area contributed by atoms with E-state index in [1.165, 1.54) is 23.8 Å². The molecule has 0 amide bonds. The lowest BCUT2D eigenvalue weighted by Gasteiger charge is -2.14. The maximum Gasteiger partial charge on any atom is 0.310 e. The summed E-state index contributed by atoms with van der Waals surface area (Å²) in [5.41, 5.74) is 1.19. The summed E-state index contributed by atoms with van der Waals surface area (Å²) in [7, 11) is 1.57. The van der Waals surface area contributed by atoms with Gasteiger partial charge < -0.3 is 9.67 Å². The van der Waals surface area contributed by atoms with E-state index >= 15 is 0 Å².